The highest BCUT2D eigenvalue weighted by Gasteiger charge is 2.13. The number of ether oxygens (including phenoxy) is 1. The van der Waals surface area contributed by atoms with E-state index >= 15 is 0 Å². The number of hydrogen-bond acceptors (Lipinski definition) is 2. The monoisotopic (exact) mass is 233 g/mol. The third-order valence-electron chi connectivity index (χ3n) is 3.02. The first-order chi connectivity index (χ1) is 8.17. The van der Waals surface area contributed by atoms with Gasteiger partial charge in [0.15, 0.2) is 0 Å². The second-order valence-corrected chi connectivity index (χ2v) is 4.35. The summed E-state index contributed by atoms with van der Waals surface area (Å²) >= 11 is 0. The van der Waals surface area contributed by atoms with E-state index in [1.54, 1.807) is 7.11 Å². The molecule has 0 radical (unpaired) electrons. The molecule has 0 aliphatic rings. The molecule has 2 aromatic rings. The number of hydrogen-bond donors (Lipinski definition) is 1. The predicted molar refractivity (Wildman–Crippen MR) is 69.5 cm³/mol. The molecule has 92 valence electrons. The Morgan fingerprint density at radius 3 is 2.76 bits per heavy atom. The number of benzene rings is 1. The van der Waals surface area contributed by atoms with Crippen molar-refractivity contribution in [3.8, 4) is 5.75 Å². The van der Waals surface area contributed by atoms with E-state index in [1.165, 1.54) is 5.52 Å². The van der Waals surface area contributed by atoms with E-state index in [9.17, 15) is 5.11 Å². The van der Waals surface area contributed by atoms with Crippen LogP contribution in [0.3, 0.4) is 0 Å². The standard InChI is InChI=1S/C14H19NO2/c1-4-15-9-11(8-10(2)16)14-12(15)6-5-7-13(14)17-3/h5-7,9-10,16H,4,8H2,1-3H3. The fourth-order valence-electron chi connectivity index (χ4n) is 2.31. The molecule has 0 fully saturated rings. The lowest BCUT2D eigenvalue weighted by Crippen LogP contribution is -2.03. The molecule has 1 atom stereocenters. The van der Waals surface area contributed by atoms with Crippen LogP contribution in [-0.4, -0.2) is 22.9 Å². The number of aromatic nitrogens is 1. The fraction of sp³-hybridized carbons (Fsp3) is 0.429. The molecular weight excluding hydrogens is 214 g/mol. The van der Waals surface area contributed by atoms with E-state index < -0.39 is 0 Å². The first-order valence-electron chi connectivity index (χ1n) is 6.00. The van der Waals surface area contributed by atoms with Crippen LogP contribution in [0.4, 0.5) is 0 Å². The molecule has 0 aliphatic heterocycles. The highest BCUT2D eigenvalue weighted by atomic mass is 16.5. The Kier molecular flexibility index (Phi) is 3.38. The number of fused-ring (bicyclic) bond motifs is 1. The van der Waals surface area contributed by atoms with Gasteiger partial charge in [-0.05, 0) is 31.5 Å². The minimum Gasteiger partial charge on any atom is -0.496 e. The summed E-state index contributed by atoms with van der Waals surface area (Å²) in [6.07, 6.45) is 2.43. The second-order valence-electron chi connectivity index (χ2n) is 4.35. The molecule has 2 rings (SSSR count). The molecule has 0 aliphatic carbocycles. The third kappa shape index (κ3) is 2.15. The van der Waals surface area contributed by atoms with Gasteiger partial charge in [0.2, 0.25) is 0 Å². The molecule has 1 N–H and O–H groups in total. The summed E-state index contributed by atoms with van der Waals surface area (Å²) in [4.78, 5) is 0. The number of aliphatic hydroxyl groups is 1. The molecule has 0 saturated heterocycles. The lowest BCUT2D eigenvalue weighted by atomic mass is 10.1. The predicted octanol–water partition coefficient (Wildman–Crippen LogP) is 2.59. The van der Waals surface area contributed by atoms with E-state index in [0.29, 0.717) is 6.42 Å². The molecule has 0 spiro atoms. The summed E-state index contributed by atoms with van der Waals surface area (Å²) in [5.74, 6) is 0.880. The molecular formula is C14H19NO2. The smallest absolute Gasteiger partial charge is 0.128 e. The second kappa shape index (κ2) is 4.80. The number of nitrogens with zero attached hydrogens (tertiary/aromatic N) is 1. The third-order valence-corrected chi connectivity index (χ3v) is 3.02. The van der Waals surface area contributed by atoms with Crippen LogP contribution in [0.25, 0.3) is 10.9 Å². The summed E-state index contributed by atoms with van der Waals surface area (Å²) in [7, 11) is 1.68. The van der Waals surface area contributed by atoms with E-state index in [-0.39, 0.29) is 6.10 Å². The van der Waals surface area contributed by atoms with Crippen LogP contribution >= 0.6 is 0 Å². The van der Waals surface area contributed by atoms with Gasteiger partial charge in [0.05, 0.1) is 18.7 Å². The van der Waals surface area contributed by atoms with Gasteiger partial charge in [0, 0.05) is 24.5 Å². The van der Waals surface area contributed by atoms with Crippen molar-refractivity contribution in [1.29, 1.82) is 0 Å². The van der Waals surface area contributed by atoms with Crippen molar-refractivity contribution >= 4 is 10.9 Å². The molecule has 3 nitrogen and oxygen atoms in total. The number of methoxy groups -OCH3 is 1. The van der Waals surface area contributed by atoms with Crippen molar-refractivity contribution in [3.05, 3.63) is 30.0 Å². The largest absolute Gasteiger partial charge is 0.496 e. The van der Waals surface area contributed by atoms with Crippen LogP contribution < -0.4 is 4.74 Å². The topological polar surface area (TPSA) is 34.4 Å². The van der Waals surface area contributed by atoms with E-state index in [2.05, 4.69) is 23.8 Å². The molecule has 1 heterocycles. The lowest BCUT2D eigenvalue weighted by molar-refractivity contribution is 0.196. The maximum absolute atomic E-state index is 9.56. The van der Waals surface area contributed by atoms with Gasteiger partial charge >= 0.3 is 0 Å². The zero-order valence-electron chi connectivity index (χ0n) is 10.6. The normalized spacial score (nSPS) is 12.9. The number of aliphatic hydroxyl groups excluding tert-OH is 1. The first kappa shape index (κ1) is 12.0. The lowest BCUT2D eigenvalue weighted by Gasteiger charge is -2.06. The molecule has 0 bridgehead atoms. The van der Waals surface area contributed by atoms with Gasteiger partial charge in [-0.3, -0.25) is 0 Å². The quantitative estimate of drug-likeness (QED) is 0.880. The van der Waals surface area contributed by atoms with E-state index in [4.69, 9.17) is 4.74 Å². The SMILES string of the molecule is CCn1cc(CC(C)O)c2c(OC)cccc21. The van der Waals surface area contributed by atoms with Crippen molar-refractivity contribution in [2.45, 2.75) is 32.9 Å². The summed E-state index contributed by atoms with van der Waals surface area (Å²) in [5, 5.41) is 10.7. The van der Waals surface area contributed by atoms with Gasteiger partial charge in [-0.2, -0.15) is 0 Å². The van der Waals surface area contributed by atoms with Crippen molar-refractivity contribution in [2.24, 2.45) is 0 Å². The van der Waals surface area contributed by atoms with Crippen molar-refractivity contribution in [1.82, 2.24) is 4.57 Å². The van der Waals surface area contributed by atoms with Gasteiger partial charge in [0.25, 0.3) is 0 Å². The highest BCUT2D eigenvalue weighted by Crippen LogP contribution is 2.31. The van der Waals surface area contributed by atoms with Gasteiger partial charge in [0.1, 0.15) is 5.75 Å². The Labute approximate surface area is 102 Å². The Hall–Kier alpha value is -1.48. The molecule has 0 amide bonds. The van der Waals surface area contributed by atoms with Crippen molar-refractivity contribution < 1.29 is 9.84 Å². The Bertz CT molecular complexity index is 514. The fourth-order valence-corrected chi connectivity index (χ4v) is 2.31. The average molecular weight is 233 g/mol. The number of rotatable bonds is 4. The minimum atomic E-state index is -0.337. The van der Waals surface area contributed by atoms with Gasteiger partial charge < -0.3 is 14.4 Å². The van der Waals surface area contributed by atoms with Crippen LogP contribution in [0.15, 0.2) is 24.4 Å². The Balaban J connectivity index is 2.65. The first-order valence-corrected chi connectivity index (χ1v) is 6.00. The van der Waals surface area contributed by atoms with Crippen molar-refractivity contribution in [3.63, 3.8) is 0 Å². The molecule has 1 aromatic heterocycles. The van der Waals surface area contributed by atoms with Crippen molar-refractivity contribution in [2.75, 3.05) is 7.11 Å². The van der Waals surface area contributed by atoms with Gasteiger partial charge in [-0.15, -0.1) is 0 Å². The summed E-state index contributed by atoms with van der Waals surface area (Å²) in [6, 6.07) is 6.06. The molecule has 1 aromatic carbocycles. The van der Waals surface area contributed by atoms with Crippen LogP contribution in [-0.2, 0) is 13.0 Å². The highest BCUT2D eigenvalue weighted by molar-refractivity contribution is 5.90. The Morgan fingerprint density at radius 1 is 1.41 bits per heavy atom. The zero-order valence-corrected chi connectivity index (χ0v) is 10.6. The summed E-state index contributed by atoms with van der Waals surface area (Å²) < 4.78 is 7.60. The van der Waals surface area contributed by atoms with E-state index in [1.807, 2.05) is 19.1 Å². The Morgan fingerprint density at radius 2 is 2.18 bits per heavy atom. The summed E-state index contributed by atoms with van der Waals surface area (Å²) in [6.45, 7) is 4.85. The van der Waals surface area contributed by atoms with Crippen LogP contribution in [0.1, 0.15) is 19.4 Å². The van der Waals surface area contributed by atoms with E-state index in [0.717, 1.165) is 23.2 Å². The maximum atomic E-state index is 9.56. The summed E-state index contributed by atoms with van der Waals surface area (Å²) in [5.41, 5.74) is 2.32. The van der Waals surface area contributed by atoms with Crippen LogP contribution in [0.5, 0.6) is 5.75 Å². The minimum absolute atomic E-state index is 0.337. The number of aryl methyl sites for hydroxylation is 1. The average Bonchev–Trinajstić information content (AvgIpc) is 2.66. The zero-order chi connectivity index (χ0) is 12.4. The van der Waals surface area contributed by atoms with Crippen LogP contribution in [0.2, 0.25) is 0 Å². The molecule has 3 heteroatoms. The molecule has 0 saturated carbocycles. The van der Waals surface area contributed by atoms with Gasteiger partial charge in [-0.1, -0.05) is 6.07 Å². The molecule has 17 heavy (non-hydrogen) atoms. The maximum Gasteiger partial charge on any atom is 0.128 e. The van der Waals surface area contributed by atoms with Crippen LogP contribution in [0, 0.1) is 0 Å². The molecule has 1 unspecified atom stereocenters. The van der Waals surface area contributed by atoms with Gasteiger partial charge in [-0.25, -0.2) is 0 Å².